The number of carboxylic acids is 1. The van der Waals surface area contributed by atoms with Gasteiger partial charge in [-0.3, -0.25) is 4.79 Å². The minimum absolute atomic E-state index is 0.0184. The topological polar surface area (TPSA) is 58.6 Å². The second-order valence-corrected chi connectivity index (χ2v) is 10.8. The van der Waals surface area contributed by atoms with E-state index in [0.717, 1.165) is 5.56 Å². The molecule has 2 aromatic carbocycles. The summed E-state index contributed by atoms with van der Waals surface area (Å²) in [6.07, 6.45) is -8.81. The van der Waals surface area contributed by atoms with Crippen LogP contribution in [0.3, 0.4) is 0 Å². The van der Waals surface area contributed by atoms with Gasteiger partial charge >= 0.3 is 18.3 Å². The molecule has 0 aliphatic heterocycles. The lowest BCUT2D eigenvalue weighted by atomic mass is 9.58. The number of halogens is 6. The minimum Gasteiger partial charge on any atom is -0.490 e. The lowest BCUT2D eigenvalue weighted by Gasteiger charge is -2.50. The SMILES string of the molecule is CC1(C)C(C(=O)O)C[C@@H]1NCCc1ccc2c(C(F)(F)F)c(O[C@H]3CC[C@@H](C(F)(F)F)CC3)ccc2c1. The van der Waals surface area contributed by atoms with Crippen LogP contribution in [0.5, 0.6) is 5.75 Å². The van der Waals surface area contributed by atoms with E-state index in [4.69, 9.17) is 4.74 Å². The lowest BCUT2D eigenvalue weighted by Crippen LogP contribution is -2.59. The van der Waals surface area contributed by atoms with Gasteiger partial charge in [0.05, 0.1) is 17.9 Å². The number of hydrogen-bond donors (Lipinski definition) is 2. The fourth-order valence-corrected chi connectivity index (χ4v) is 5.67. The minimum atomic E-state index is -4.70. The van der Waals surface area contributed by atoms with E-state index in [0.29, 0.717) is 24.8 Å². The van der Waals surface area contributed by atoms with Crippen LogP contribution in [0.1, 0.15) is 57.1 Å². The first kappa shape index (κ1) is 27.5. The molecule has 37 heavy (non-hydrogen) atoms. The molecular formula is C27H31F6NO3. The van der Waals surface area contributed by atoms with Gasteiger partial charge in [0.1, 0.15) is 11.3 Å². The van der Waals surface area contributed by atoms with Gasteiger partial charge in [0.25, 0.3) is 0 Å². The number of hydrogen-bond acceptors (Lipinski definition) is 3. The fraction of sp³-hybridized carbons (Fsp3) is 0.593. The first-order valence-corrected chi connectivity index (χ1v) is 12.5. The van der Waals surface area contributed by atoms with Crippen LogP contribution in [0.15, 0.2) is 30.3 Å². The summed E-state index contributed by atoms with van der Waals surface area (Å²) in [5.74, 6) is -3.00. The molecule has 2 saturated carbocycles. The highest BCUT2D eigenvalue weighted by atomic mass is 19.4. The number of benzene rings is 2. The van der Waals surface area contributed by atoms with E-state index >= 15 is 0 Å². The molecule has 10 heteroatoms. The van der Waals surface area contributed by atoms with E-state index in [-0.39, 0.29) is 48.3 Å². The summed E-state index contributed by atoms with van der Waals surface area (Å²) in [7, 11) is 0. The first-order valence-electron chi connectivity index (χ1n) is 12.5. The van der Waals surface area contributed by atoms with Crippen molar-refractivity contribution in [2.75, 3.05) is 6.54 Å². The van der Waals surface area contributed by atoms with Gasteiger partial charge in [-0.25, -0.2) is 0 Å². The molecule has 2 aliphatic carbocycles. The quantitative estimate of drug-likeness (QED) is 0.378. The molecule has 0 bridgehead atoms. The van der Waals surface area contributed by atoms with Crippen molar-refractivity contribution in [3.63, 3.8) is 0 Å². The third-order valence-corrected chi connectivity index (χ3v) is 8.13. The average Bonchev–Trinajstić information content (AvgIpc) is 2.79. The van der Waals surface area contributed by atoms with Crippen molar-refractivity contribution in [2.45, 2.75) is 76.9 Å². The zero-order chi connectivity index (χ0) is 27.2. The predicted octanol–water partition coefficient (Wildman–Crippen LogP) is 6.99. The number of carboxylic acid groups (broad SMARTS) is 1. The molecule has 0 spiro atoms. The largest absolute Gasteiger partial charge is 0.490 e. The van der Waals surface area contributed by atoms with Crippen LogP contribution in [-0.4, -0.2) is 35.9 Å². The summed E-state index contributed by atoms with van der Waals surface area (Å²) in [6.45, 7) is 4.37. The fourth-order valence-electron chi connectivity index (χ4n) is 5.67. The van der Waals surface area contributed by atoms with Crippen LogP contribution in [0.4, 0.5) is 26.3 Å². The third kappa shape index (κ3) is 5.84. The van der Waals surface area contributed by atoms with Gasteiger partial charge in [0.2, 0.25) is 0 Å². The normalized spacial score (nSPS) is 26.1. The van der Waals surface area contributed by atoms with Crippen molar-refractivity contribution in [1.29, 1.82) is 0 Å². The van der Waals surface area contributed by atoms with Crippen molar-refractivity contribution in [3.05, 3.63) is 41.5 Å². The summed E-state index contributed by atoms with van der Waals surface area (Å²) >= 11 is 0. The Morgan fingerprint density at radius 3 is 2.30 bits per heavy atom. The van der Waals surface area contributed by atoms with Crippen LogP contribution < -0.4 is 10.1 Å². The van der Waals surface area contributed by atoms with Gasteiger partial charge in [-0.05, 0) is 72.9 Å². The van der Waals surface area contributed by atoms with Crippen LogP contribution in [0, 0.1) is 17.3 Å². The predicted molar refractivity (Wildman–Crippen MR) is 126 cm³/mol. The van der Waals surface area contributed by atoms with Crippen molar-refractivity contribution < 1.29 is 41.0 Å². The summed E-state index contributed by atoms with van der Waals surface area (Å²) in [5, 5.41) is 13.0. The second-order valence-electron chi connectivity index (χ2n) is 10.8. The Labute approximate surface area is 211 Å². The summed E-state index contributed by atoms with van der Waals surface area (Å²) in [4.78, 5) is 11.3. The van der Waals surface area contributed by atoms with E-state index in [1.807, 2.05) is 13.8 Å². The molecule has 0 radical (unpaired) electrons. The monoisotopic (exact) mass is 531 g/mol. The summed E-state index contributed by atoms with van der Waals surface area (Å²) in [5.41, 5.74) is -0.457. The highest BCUT2D eigenvalue weighted by molar-refractivity contribution is 5.89. The first-order chi connectivity index (χ1) is 17.2. The summed E-state index contributed by atoms with van der Waals surface area (Å²) < 4.78 is 86.6. The van der Waals surface area contributed by atoms with Crippen molar-refractivity contribution >= 4 is 16.7 Å². The van der Waals surface area contributed by atoms with Crippen molar-refractivity contribution in [2.24, 2.45) is 17.3 Å². The molecule has 204 valence electrons. The molecule has 1 unspecified atom stereocenters. The Bertz CT molecular complexity index is 1140. The van der Waals surface area contributed by atoms with Crippen LogP contribution in [-0.2, 0) is 17.4 Å². The van der Waals surface area contributed by atoms with Gasteiger partial charge in [-0.15, -0.1) is 0 Å². The Morgan fingerprint density at radius 2 is 1.73 bits per heavy atom. The zero-order valence-electron chi connectivity index (χ0n) is 20.7. The maximum Gasteiger partial charge on any atom is 0.420 e. The number of ether oxygens (including phenoxy) is 1. The van der Waals surface area contributed by atoms with Crippen LogP contribution >= 0.6 is 0 Å². The third-order valence-electron chi connectivity index (χ3n) is 8.13. The molecule has 0 saturated heterocycles. The molecule has 2 aromatic rings. The van der Waals surface area contributed by atoms with Gasteiger partial charge in [-0.1, -0.05) is 38.1 Å². The zero-order valence-corrected chi connectivity index (χ0v) is 20.7. The second kappa shape index (κ2) is 10.0. The molecule has 2 fully saturated rings. The summed E-state index contributed by atoms with van der Waals surface area (Å²) in [6, 6.07) is 7.59. The van der Waals surface area contributed by atoms with E-state index in [2.05, 4.69) is 5.32 Å². The van der Waals surface area contributed by atoms with Gasteiger partial charge < -0.3 is 15.2 Å². The smallest absolute Gasteiger partial charge is 0.420 e. The number of carbonyl (C=O) groups is 1. The molecule has 0 heterocycles. The molecule has 2 aliphatic rings. The Kier molecular flexibility index (Phi) is 7.44. The maximum absolute atomic E-state index is 14.1. The molecule has 0 aromatic heterocycles. The number of rotatable bonds is 7. The van der Waals surface area contributed by atoms with Crippen molar-refractivity contribution in [1.82, 2.24) is 5.32 Å². The van der Waals surface area contributed by atoms with E-state index < -0.39 is 41.8 Å². The lowest BCUT2D eigenvalue weighted by molar-refractivity contribution is -0.185. The number of alkyl halides is 6. The molecule has 2 N–H and O–H groups in total. The van der Waals surface area contributed by atoms with Gasteiger partial charge in [0, 0.05) is 6.04 Å². The van der Waals surface area contributed by atoms with E-state index in [1.54, 1.807) is 18.2 Å². The number of fused-ring (bicyclic) bond motifs is 1. The van der Waals surface area contributed by atoms with Gasteiger partial charge in [0.15, 0.2) is 0 Å². The van der Waals surface area contributed by atoms with Crippen molar-refractivity contribution in [3.8, 4) is 5.75 Å². The van der Waals surface area contributed by atoms with Crippen LogP contribution in [0.2, 0.25) is 0 Å². The highest BCUT2D eigenvalue weighted by Gasteiger charge is 2.51. The van der Waals surface area contributed by atoms with E-state index in [9.17, 15) is 36.2 Å². The molecular weight excluding hydrogens is 500 g/mol. The maximum atomic E-state index is 14.1. The molecule has 2 atom stereocenters. The Balaban J connectivity index is 1.45. The van der Waals surface area contributed by atoms with E-state index in [1.165, 1.54) is 12.1 Å². The average molecular weight is 532 g/mol. The number of nitrogens with one attached hydrogen (secondary N) is 1. The molecule has 4 rings (SSSR count). The highest BCUT2D eigenvalue weighted by Crippen LogP contribution is 2.46. The van der Waals surface area contributed by atoms with Gasteiger partial charge in [-0.2, -0.15) is 26.3 Å². The number of aliphatic carboxylic acids is 1. The molecule has 4 nitrogen and oxygen atoms in total. The Hall–Kier alpha value is -2.49. The Morgan fingerprint density at radius 1 is 1.05 bits per heavy atom. The molecule has 0 amide bonds. The van der Waals surface area contributed by atoms with Crippen LogP contribution in [0.25, 0.3) is 10.8 Å². The standard InChI is InChI=1S/C27H31F6NO3/c1-25(2)20(24(35)36)14-22(25)34-12-11-15-3-9-19-16(13-15)4-10-21(23(19)27(31,32)33)37-18-7-5-17(6-8-18)26(28,29)30/h3-4,9-10,13,17-18,20,22,34H,5-8,11-12,14H2,1-2H3,(H,35,36)/t17-,18+,20?,22-/m0/s1.